The second kappa shape index (κ2) is 7.09. The molecule has 21 heavy (non-hydrogen) atoms. The van der Waals surface area contributed by atoms with Gasteiger partial charge in [0.25, 0.3) is 0 Å². The molecule has 0 aliphatic carbocycles. The normalized spacial score (nSPS) is 10.5. The van der Waals surface area contributed by atoms with Crippen molar-refractivity contribution in [1.82, 2.24) is 0 Å². The van der Waals surface area contributed by atoms with Gasteiger partial charge in [0.2, 0.25) is 0 Å². The van der Waals surface area contributed by atoms with E-state index in [4.69, 9.17) is 4.74 Å². The second-order valence-corrected chi connectivity index (χ2v) is 4.79. The molecule has 2 rings (SSSR count). The summed E-state index contributed by atoms with van der Waals surface area (Å²) in [6.07, 6.45) is 0. The van der Waals surface area contributed by atoms with Gasteiger partial charge in [0.15, 0.2) is 0 Å². The van der Waals surface area contributed by atoms with Crippen molar-refractivity contribution in [3.05, 3.63) is 59.4 Å². The molecule has 0 fully saturated rings. The number of benzene rings is 2. The molecule has 0 heterocycles. The highest BCUT2D eigenvalue weighted by Crippen LogP contribution is 2.26. The van der Waals surface area contributed by atoms with E-state index in [0.717, 1.165) is 23.4 Å². The monoisotopic (exact) mass is 289 g/mol. The third-order valence-electron chi connectivity index (χ3n) is 3.47. The Labute approximate surface area is 124 Å². The molecule has 0 saturated carbocycles. The first-order valence-electron chi connectivity index (χ1n) is 6.95. The van der Waals surface area contributed by atoms with Crippen LogP contribution in [0.15, 0.2) is 42.5 Å². The summed E-state index contributed by atoms with van der Waals surface area (Å²) < 4.78 is 18.3. The van der Waals surface area contributed by atoms with E-state index >= 15 is 0 Å². The molecule has 2 aromatic rings. The molecule has 0 radical (unpaired) electrons. The van der Waals surface area contributed by atoms with Gasteiger partial charge in [-0.15, -0.1) is 0 Å². The van der Waals surface area contributed by atoms with Crippen molar-refractivity contribution in [2.75, 3.05) is 18.6 Å². The van der Waals surface area contributed by atoms with Crippen molar-refractivity contribution in [2.45, 2.75) is 20.1 Å². The van der Waals surface area contributed by atoms with Crippen molar-refractivity contribution < 1.29 is 14.2 Å². The smallest absolute Gasteiger partial charge is 0.126 e. The number of aliphatic hydroxyl groups is 1. The predicted octanol–water partition coefficient (Wildman–Crippen LogP) is 3.35. The number of anilines is 1. The number of aliphatic hydroxyl groups excluding tert-OH is 1. The number of nitrogens with zero attached hydrogens (tertiary/aromatic N) is 1. The van der Waals surface area contributed by atoms with Crippen molar-refractivity contribution in [1.29, 1.82) is 0 Å². The molecule has 0 aromatic heterocycles. The minimum Gasteiger partial charge on any atom is -0.496 e. The topological polar surface area (TPSA) is 32.7 Å². The second-order valence-electron chi connectivity index (χ2n) is 4.79. The van der Waals surface area contributed by atoms with Gasteiger partial charge in [-0.05, 0) is 30.7 Å². The van der Waals surface area contributed by atoms with Crippen molar-refractivity contribution in [3.8, 4) is 5.75 Å². The average Bonchev–Trinajstić information content (AvgIpc) is 2.53. The fraction of sp³-hybridized carbons (Fsp3) is 0.294. The Balaban J connectivity index is 2.22. The van der Waals surface area contributed by atoms with Crippen molar-refractivity contribution in [3.63, 3.8) is 0 Å². The Bertz CT molecular complexity index is 584. The summed E-state index contributed by atoms with van der Waals surface area (Å²) in [4.78, 5) is 2.16. The van der Waals surface area contributed by atoms with Gasteiger partial charge in [-0.3, -0.25) is 0 Å². The lowest BCUT2D eigenvalue weighted by Crippen LogP contribution is -2.22. The molecule has 0 amide bonds. The van der Waals surface area contributed by atoms with Crippen LogP contribution in [0.4, 0.5) is 10.1 Å². The highest BCUT2D eigenvalue weighted by atomic mass is 19.1. The van der Waals surface area contributed by atoms with E-state index in [1.54, 1.807) is 19.2 Å². The van der Waals surface area contributed by atoms with Gasteiger partial charge in [0, 0.05) is 30.4 Å². The van der Waals surface area contributed by atoms with E-state index in [0.29, 0.717) is 12.3 Å². The maximum atomic E-state index is 13.0. The fourth-order valence-corrected chi connectivity index (χ4v) is 2.26. The number of hydrogen-bond acceptors (Lipinski definition) is 3. The molecule has 4 heteroatoms. The third-order valence-corrected chi connectivity index (χ3v) is 3.47. The third kappa shape index (κ3) is 3.73. The number of hydrogen-bond donors (Lipinski definition) is 1. The average molecular weight is 289 g/mol. The highest BCUT2D eigenvalue weighted by molar-refractivity contribution is 5.54. The SMILES string of the molecule is CCN(Cc1ccc(F)cc1)c1ccc(CO)c(OC)c1. The summed E-state index contributed by atoms with van der Waals surface area (Å²) in [7, 11) is 1.59. The summed E-state index contributed by atoms with van der Waals surface area (Å²) in [5.74, 6) is 0.448. The summed E-state index contributed by atoms with van der Waals surface area (Å²) in [5, 5.41) is 9.27. The van der Waals surface area contributed by atoms with Gasteiger partial charge in [0.1, 0.15) is 11.6 Å². The molecular weight excluding hydrogens is 269 g/mol. The molecule has 3 nitrogen and oxygen atoms in total. The van der Waals surface area contributed by atoms with Gasteiger partial charge < -0.3 is 14.7 Å². The molecule has 0 atom stereocenters. The van der Waals surface area contributed by atoms with E-state index < -0.39 is 0 Å². The summed E-state index contributed by atoms with van der Waals surface area (Å²) in [6.45, 7) is 3.53. The number of halogens is 1. The zero-order valence-corrected chi connectivity index (χ0v) is 12.3. The Kier molecular flexibility index (Phi) is 5.17. The van der Waals surface area contributed by atoms with E-state index in [1.165, 1.54) is 12.1 Å². The van der Waals surface area contributed by atoms with E-state index in [9.17, 15) is 9.50 Å². The van der Waals surface area contributed by atoms with Gasteiger partial charge in [-0.1, -0.05) is 18.2 Å². The maximum absolute atomic E-state index is 13.0. The quantitative estimate of drug-likeness (QED) is 0.885. The minimum absolute atomic E-state index is 0.0481. The minimum atomic E-state index is -0.226. The lowest BCUT2D eigenvalue weighted by molar-refractivity contribution is 0.274. The molecular formula is C17H20FNO2. The number of ether oxygens (including phenoxy) is 1. The molecule has 0 spiro atoms. The summed E-state index contributed by atoms with van der Waals surface area (Å²) >= 11 is 0. The van der Waals surface area contributed by atoms with Crippen LogP contribution in [0.1, 0.15) is 18.1 Å². The molecule has 0 saturated heterocycles. The molecule has 0 aliphatic rings. The first kappa shape index (κ1) is 15.3. The first-order chi connectivity index (χ1) is 10.2. The number of rotatable bonds is 6. The molecule has 0 unspecified atom stereocenters. The van der Waals surface area contributed by atoms with E-state index in [-0.39, 0.29) is 12.4 Å². The summed E-state index contributed by atoms with van der Waals surface area (Å²) in [5.41, 5.74) is 2.82. The van der Waals surface area contributed by atoms with Gasteiger partial charge in [-0.25, -0.2) is 4.39 Å². The van der Waals surface area contributed by atoms with Crippen LogP contribution in [-0.4, -0.2) is 18.8 Å². The molecule has 0 aliphatic heterocycles. The fourth-order valence-electron chi connectivity index (χ4n) is 2.26. The van der Waals surface area contributed by atoms with Crippen molar-refractivity contribution >= 4 is 5.69 Å². The Hall–Kier alpha value is -2.07. The molecule has 2 aromatic carbocycles. The van der Waals surface area contributed by atoms with Crippen LogP contribution in [0, 0.1) is 5.82 Å². The lowest BCUT2D eigenvalue weighted by atomic mass is 10.1. The Morgan fingerprint density at radius 2 is 1.86 bits per heavy atom. The van der Waals surface area contributed by atoms with E-state index in [2.05, 4.69) is 11.8 Å². The van der Waals surface area contributed by atoms with Crippen LogP contribution in [-0.2, 0) is 13.2 Å². The van der Waals surface area contributed by atoms with E-state index in [1.807, 2.05) is 18.2 Å². The lowest BCUT2D eigenvalue weighted by Gasteiger charge is -2.24. The number of methoxy groups -OCH3 is 1. The van der Waals surface area contributed by atoms with Crippen LogP contribution in [0.3, 0.4) is 0 Å². The van der Waals surface area contributed by atoms with Gasteiger partial charge >= 0.3 is 0 Å². The molecule has 112 valence electrons. The van der Waals surface area contributed by atoms with Crippen LogP contribution in [0.25, 0.3) is 0 Å². The Morgan fingerprint density at radius 1 is 1.14 bits per heavy atom. The standard InChI is InChI=1S/C17H20FNO2/c1-3-19(11-13-4-7-15(18)8-5-13)16-9-6-14(12-20)17(10-16)21-2/h4-10,20H,3,11-12H2,1-2H3. The van der Waals surface area contributed by atoms with Crippen LogP contribution < -0.4 is 9.64 Å². The predicted molar refractivity (Wildman–Crippen MR) is 82.0 cm³/mol. The Morgan fingerprint density at radius 3 is 2.43 bits per heavy atom. The molecule has 1 N–H and O–H groups in total. The van der Waals surface area contributed by atoms with Crippen LogP contribution >= 0.6 is 0 Å². The van der Waals surface area contributed by atoms with Gasteiger partial charge in [0.05, 0.1) is 13.7 Å². The zero-order valence-electron chi connectivity index (χ0n) is 12.3. The van der Waals surface area contributed by atoms with Crippen LogP contribution in [0.5, 0.6) is 5.75 Å². The van der Waals surface area contributed by atoms with Crippen LogP contribution in [0.2, 0.25) is 0 Å². The largest absolute Gasteiger partial charge is 0.496 e. The maximum Gasteiger partial charge on any atom is 0.126 e. The van der Waals surface area contributed by atoms with Crippen molar-refractivity contribution in [2.24, 2.45) is 0 Å². The zero-order chi connectivity index (χ0) is 15.2. The first-order valence-corrected chi connectivity index (χ1v) is 6.95. The van der Waals surface area contributed by atoms with Gasteiger partial charge in [-0.2, -0.15) is 0 Å². The summed E-state index contributed by atoms with van der Waals surface area (Å²) in [6, 6.07) is 12.3. The molecule has 0 bridgehead atoms. The highest BCUT2D eigenvalue weighted by Gasteiger charge is 2.09.